The molecule has 1 amide bonds. The number of hydrogen-bond donors (Lipinski definition) is 1. The maximum atomic E-state index is 10.9. The van der Waals surface area contributed by atoms with Gasteiger partial charge in [0.05, 0.1) is 0 Å². The van der Waals surface area contributed by atoms with Crippen molar-refractivity contribution in [1.82, 2.24) is 14.9 Å². The first-order valence-corrected chi connectivity index (χ1v) is 6.75. The van der Waals surface area contributed by atoms with E-state index in [1.54, 1.807) is 6.92 Å². The average molecular weight is 259 g/mol. The Morgan fingerprint density at radius 1 is 1.47 bits per heavy atom. The molecule has 0 fully saturated rings. The van der Waals surface area contributed by atoms with Gasteiger partial charge in [0.1, 0.15) is 5.65 Å². The number of carbonyl (C=O) groups excluding carboxylic acids is 1. The highest BCUT2D eigenvalue weighted by molar-refractivity contribution is 5.80. The molecule has 2 aromatic rings. The fourth-order valence-corrected chi connectivity index (χ4v) is 2.30. The molecule has 2 aromatic heterocycles. The van der Waals surface area contributed by atoms with E-state index in [0.29, 0.717) is 12.5 Å². The van der Waals surface area contributed by atoms with E-state index in [-0.39, 0.29) is 5.91 Å². The summed E-state index contributed by atoms with van der Waals surface area (Å²) < 4.78 is 2.21. The molecule has 0 aliphatic heterocycles. The number of hydrogen-bond acceptors (Lipinski definition) is 2. The standard InChI is InChI=1S/C15H21N3O/c1-11(2)9-18-10-13(6-8-16-12(3)19)14-5-4-7-17-15(14)18/h4-5,7,10-11H,6,8-9H2,1-3H3,(H,16,19). The van der Waals surface area contributed by atoms with Crippen LogP contribution in [0.25, 0.3) is 11.0 Å². The third-order valence-corrected chi connectivity index (χ3v) is 3.05. The van der Waals surface area contributed by atoms with E-state index < -0.39 is 0 Å². The molecule has 19 heavy (non-hydrogen) atoms. The molecule has 0 saturated heterocycles. The van der Waals surface area contributed by atoms with Gasteiger partial charge in [0.2, 0.25) is 5.91 Å². The van der Waals surface area contributed by atoms with Crippen molar-refractivity contribution in [3.05, 3.63) is 30.1 Å². The second-order valence-corrected chi connectivity index (χ2v) is 5.31. The van der Waals surface area contributed by atoms with Crippen molar-refractivity contribution in [2.45, 2.75) is 33.7 Å². The molecule has 0 aliphatic rings. The number of amides is 1. The first kappa shape index (κ1) is 13.6. The molecule has 0 aliphatic carbocycles. The highest BCUT2D eigenvalue weighted by Crippen LogP contribution is 2.20. The zero-order chi connectivity index (χ0) is 13.8. The number of carbonyl (C=O) groups is 1. The lowest BCUT2D eigenvalue weighted by Crippen LogP contribution is -2.22. The summed E-state index contributed by atoms with van der Waals surface area (Å²) in [6.07, 6.45) is 4.84. The Bertz CT molecular complexity index is 572. The van der Waals surface area contributed by atoms with Crippen molar-refractivity contribution >= 4 is 16.9 Å². The topological polar surface area (TPSA) is 46.9 Å². The fraction of sp³-hybridized carbons (Fsp3) is 0.467. The molecular weight excluding hydrogens is 238 g/mol. The van der Waals surface area contributed by atoms with Gasteiger partial charge >= 0.3 is 0 Å². The molecule has 0 atom stereocenters. The van der Waals surface area contributed by atoms with Gasteiger partial charge in [-0.1, -0.05) is 13.8 Å². The molecular formula is C15H21N3O. The molecule has 4 nitrogen and oxygen atoms in total. The summed E-state index contributed by atoms with van der Waals surface area (Å²) in [7, 11) is 0. The molecule has 2 heterocycles. The van der Waals surface area contributed by atoms with Gasteiger partial charge in [0, 0.05) is 37.8 Å². The minimum atomic E-state index is 0.0176. The number of fused-ring (bicyclic) bond motifs is 1. The number of nitrogens with one attached hydrogen (secondary N) is 1. The lowest BCUT2D eigenvalue weighted by atomic mass is 10.1. The van der Waals surface area contributed by atoms with Crippen molar-refractivity contribution < 1.29 is 4.79 Å². The monoisotopic (exact) mass is 259 g/mol. The van der Waals surface area contributed by atoms with E-state index in [9.17, 15) is 4.79 Å². The van der Waals surface area contributed by atoms with Crippen molar-refractivity contribution in [1.29, 1.82) is 0 Å². The van der Waals surface area contributed by atoms with E-state index in [1.807, 2.05) is 12.3 Å². The van der Waals surface area contributed by atoms with Crippen LogP contribution in [0.15, 0.2) is 24.5 Å². The van der Waals surface area contributed by atoms with Gasteiger partial charge in [-0.3, -0.25) is 4.79 Å². The van der Waals surface area contributed by atoms with Crippen LogP contribution in [-0.4, -0.2) is 22.0 Å². The molecule has 0 bridgehead atoms. The van der Waals surface area contributed by atoms with E-state index in [0.717, 1.165) is 18.6 Å². The van der Waals surface area contributed by atoms with Crippen LogP contribution < -0.4 is 5.32 Å². The van der Waals surface area contributed by atoms with Crippen molar-refractivity contribution in [3.63, 3.8) is 0 Å². The summed E-state index contributed by atoms with van der Waals surface area (Å²) in [5, 5.41) is 4.03. The molecule has 2 rings (SSSR count). The van der Waals surface area contributed by atoms with Gasteiger partial charge in [-0.2, -0.15) is 0 Å². The highest BCUT2D eigenvalue weighted by atomic mass is 16.1. The van der Waals surface area contributed by atoms with E-state index in [1.165, 1.54) is 10.9 Å². The summed E-state index contributed by atoms with van der Waals surface area (Å²) in [4.78, 5) is 15.4. The fourth-order valence-electron chi connectivity index (χ4n) is 2.30. The molecule has 0 radical (unpaired) electrons. The van der Waals surface area contributed by atoms with E-state index >= 15 is 0 Å². The number of pyridine rings is 1. The Labute approximate surface area is 113 Å². The van der Waals surface area contributed by atoms with Crippen LogP contribution in [0.5, 0.6) is 0 Å². The van der Waals surface area contributed by atoms with Crippen molar-refractivity contribution in [3.8, 4) is 0 Å². The Morgan fingerprint density at radius 2 is 2.26 bits per heavy atom. The third-order valence-electron chi connectivity index (χ3n) is 3.05. The van der Waals surface area contributed by atoms with Gasteiger partial charge < -0.3 is 9.88 Å². The molecule has 0 unspecified atom stereocenters. The Morgan fingerprint density at radius 3 is 2.95 bits per heavy atom. The van der Waals surface area contributed by atoms with Crippen LogP contribution in [0, 0.1) is 5.92 Å². The quantitative estimate of drug-likeness (QED) is 0.896. The Kier molecular flexibility index (Phi) is 4.20. The first-order chi connectivity index (χ1) is 9.08. The number of aromatic nitrogens is 2. The maximum Gasteiger partial charge on any atom is 0.216 e. The van der Waals surface area contributed by atoms with Gasteiger partial charge in [-0.05, 0) is 30.0 Å². The van der Waals surface area contributed by atoms with E-state index in [4.69, 9.17) is 0 Å². The predicted octanol–water partition coefficient (Wildman–Crippen LogP) is 2.37. The van der Waals surface area contributed by atoms with Crippen LogP contribution >= 0.6 is 0 Å². The van der Waals surface area contributed by atoms with E-state index in [2.05, 4.69) is 41.0 Å². The third kappa shape index (κ3) is 3.34. The first-order valence-electron chi connectivity index (χ1n) is 6.75. The number of nitrogens with zero attached hydrogens (tertiary/aromatic N) is 2. The van der Waals surface area contributed by atoms with Gasteiger partial charge in [0.25, 0.3) is 0 Å². The van der Waals surface area contributed by atoms with Crippen LogP contribution in [0.4, 0.5) is 0 Å². The SMILES string of the molecule is CC(=O)NCCc1cn(CC(C)C)c2ncccc12. The summed E-state index contributed by atoms with van der Waals surface area (Å²) in [5.41, 5.74) is 2.28. The second kappa shape index (κ2) is 5.87. The van der Waals surface area contributed by atoms with Crippen molar-refractivity contribution in [2.75, 3.05) is 6.54 Å². The smallest absolute Gasteiger partial charge is 0.216 e. The summed E-state index contributed by atoms with van der Waals surface area (Å²) in [6, 6.07) is 4.06. The molecule has 102 valence electrons. The van der Waals surface area contributed by atoms with Crippen LogP contribution in [0.3, 0.4) is 0 Å². The van der Waals surface area contributed by atoms with Crippen molar-refractivity contribution in [2.24, 2.45) is 5.92 Å². The zero-order valence-corrected chi connectivity index (χ0v) is 11.8. The molecule has 1 N–H and O–H groups in total. The Hall–Kier alpha value is -1.84. The van der Waals surface area contributed by atoms with Gasteiger partial charge in [0.15, 0.2) is 0 Å². The van der Waals surface area contributed by atoms with Crippen LogP contribution in [0.1, 0.15) is 26.3 Å². The molecule has 0 spiro atoms. The lowest BCUT2D eigenvalue weighted by molar-refractivity contribution is -0.118. The minimum Gasteiger partial charge on any atom is -0.356 e. The molecule has 4 heteroatoms. The lowest BCUT2D eigenvalue weighted by Gasteiger charge is -2.06. The normalized spacial score (nSPS) is 11.2. The highest BCUT2D eigenvalue weighted by Gasteiger charge is 2.10. The van der Waals surface area contributed by atoms with Crippen LogP contribution in [0.2, 0.25) is 0 Å². The molecule has 0 saturated carbocycles. The summed E-state index contributed by atoms with van der Waals surface area (Å²) >= 11 is 0. The maximum absolute atomic E-state index is 10.9. The second-order valence-electron chi connectivity index (χ2n) is 5.31. The van der Waals surface area contributed by atoms with Crippen LogP contribution in [-0.2, 0) is 17.8 Å². The summed E-state index contributed by atoms with van der Waals surface area (Å²) in [6.45, 7) is 7.58. The average Bonchev–Trinajstić information content (AvgIpc) is 2.67. The molecule has 0 aromatic carbocycles. The van der Waals surface area contributed by atoms with Gasteiger partial charge in [-0.15, -0.1) is 0 Å². The largest absolute Gasteiger partial charge is 0.356 e. The predicted molar refractivity (Wildman–Crippen MR) is 77.0 cm³/mol. The summed E-state index contributed by atoms with van der Waals surface area (Å²) in [5.74, 6) is 0.602. The Balaban J connectivity index is 2.25. The van der Waals surface area contributed by atoms with Gasteiger partial charge in [-0.25, -0.2) is 4.98 Å². The minimum absolute atomic E-state index is 0.0176. The number of rotatable bonds is 5. The zero-order valence-electron chi connectivity index (χ0n) is 11.8.